The van der Waals surface area contributed by atoms with Crippen molar-refractivity contribution in [2.75, 3.05) is 0 Å². The summed E-state index contributed by atoms with van der Waals surface area (Å²) in [5.74, 6) is -0.474. The van der Waals surface area contributed by atoms with Crippen LogP contribution in [-0.2, 0) is 14.3 Å². The number of carbonyl (C=O) groups is 2. The van der Waals surface area contributed by atoms with Gasteiger partial charge >= 0.3 is 11.9 Å². The maximum atomic E-state index is 11.6. The Labute approximate surface area is 162 Å². The number of esters is 2. The van der Waals surface area contributed by atoms with Crippen LogP contribution in [-0.4, -0.2) is 37.8 Å². The number of halogens is 1. The molecule has 0 bridgehead atoms. The average Bonchev–Trinajstić information content (AvgIpc) is 2.99. The minimum Gasteiger partial charge on any atom is -0.475 e. The predicted octanol–water partition coefficient (Wildman–Crippen LogP) is 3.37. The Morgan fingerprint density at radius 3 is 2.67 bits per heavy atom. The maximum absolute atomic E-state index is 11.6. The summed E-state index contributed by atoms with van der Waals surface area (Å²) in [4.78, 5) is 31.4. The third-order valence-corrected chi connectivity index (χ3v) is 3.24. The molecule has 0 aliphatic carbocycles. The van der Waals surface area contributed by atoms with Crippen molar-refractivity contribution in [2.45, 2.75) is 40.2 Å². The van der Waals surface area contributed by atoms with E-state index in [9.17, 15) is 9.59 Å². The number of aromatic nitrogens is 4. The summed E-state index contributed by atoms with van der Waals surface area (Å²) in [5.41, 5.74) is 0.618. The number of rotatable bonds is 7. The lowest BCUT2D eigenvalue weighted by Crippen LogP contribution is -2.12. The van der Waals surface area contributed by atoms with Crippen molar-refractivity contribution in [1.82, 2.24) is 19.7 Å². The van der Waals surface area contributed by atoms with E-state index in [0.717, 1.165) is 6.08 Å². The zero-order valence-corrected chi connectivity index (χ0v) is 16.3. The number of hydrogen-bond donors (Lipinski definition) is 0. The molecule has 0 aromatic carbocycles. The van der Waals surface area contributed by atoms with Crippen LogP contribution in [0.3, 0.4) is 0 Å². The molecule has 0 N–H and O–H groups in total. The Kier molecular flexibility index (Phi) is 7.06. The molecule has 2 aromatic heterocycles. The van der Waals surface area contributed by atoms with Crippen molar-refractivity contribution >= 4 is 29.7 Å². The molecule has 2 heterocycles. The highest BCUT2D eigenvalue weighted by atomic mass is 35.5. The van der Waals surface area contributed by atoms with Crippen LogP contribution in [0.15, 0.2) is 24.5 Å². The fraction of sp³-hybridized carbons (Fsp3) is 0.389. The summed E-state index contributed by atoms with van der Waals surface area (Å²) < 4.78 is 11.5. The Balaban J connectivity index is 2.07. The van der Waals surface area contributed by atoms with Gasteiger partial charge in [0.1, 0.15) is 11.5 Å². The van der Waals surface area contributed by atoms with Gasteiger partial charge < -0.3 is 9.47 Å². The van der Waals surface area contributed by atoms with Crippen LogP contribution >= 0.6 is 11.6 Å². The topological polar surface area (TPSA) is 96.2 Å². The maximum Gasteiger partial charge on any atom is 0.339 e. The number of nitrogens with zero attached hydrogens (tertiary/aromatic N) is 4. The minimum absolute atomic E-state index is 0.0540. The van der Waals surface area contributed by atoms with Crippen LogP contribution in [0.4, 0.5) is 0 Å². The Morgan fingerprint density at radius 1 is 1.26 bits per heavy atom. The first-order chi connectivity index (χ1) is 12.7. The summed E-state index contributed by atoms with van der Waals surface area (Å²) >= 11 is 6.02. The molecular weight excluding hydrogens is 372 g/mol. The Hall–Kier alpha value is -2.74. The van der Waals surface area contributed by atoms with Gasteiger partial charge in [0.15, 0.2) is 5.82 Å². The van der Waals surface area contributed by atoms with Gasteiger partial charge in [-0.2, -0.15) is 0 Å². The molecular formula is C18H21ClN4O4. The second kappa shape index (κ2) is 9.27. The molecule has 9 heteroatoms. The van der Waals surface area contributed by atoms with E-state index in [1.54, 1.807) is 12.1 Å². The third kappa shape index (κ3) is 6.82. The van der Waals surface area contributed by atoms with Crippen molar-refractivity contribution in [3.63, 3.8) is 0 Å². The number of pyridine rings is 1. The first-order valence-corrected chi connectivity index (χ1v) is 8.79. The number of ether oxygens (including phenoxy) is 2. The lowest BCUT2D eigenvalue weighted by Gasteiger charge is -2.09. The molecule has 0 atom stereocenters. The van der Waals surface area contributed by atoms with Crippen molar-refractivity contribution < 1.29 is 19.1 Å². The summed E-state index contributed by atoms with van der Waals surface area (Å²) in [5, 5.41) is 4.48. The van der Waals surface area contributed by atoms with Gasteiger partial charge in [-0.3, -0.25) is 4.79 Å². The third-order valence-electron chi connectivity index (χ3n) is 3.05. The Bertz CT molecular complexity index is 846. The van der Waals surface area contributed by atoms with Crippen molar-refractivity contribution in [3.05, 3.63) is 29.7 Å². The summed E-state index contributed by atoms with van der Waals surface area (Å²) in [7, 11) is 0. The first kappa shape index (κ1) is 20.6. The molecule has 0 amide bonds. The van der Waals surface area contributed by atoms with Gasteiger partial charge in [-0.25, -0.2) is 19.4 Å². The quantitative estimate of drug-likeness (QED) is 0.308. The zero-order valence-electron chi connectivity index (χ0n) is 15.5. The molecule has 27 heavy (non-hydrogen) atoms. The van der Waals surface area contributed by atoms with E-state index >= 15 is 0 Å². The summed E-state index contributed by atoms with van der Waals surface area (Å²) in [6.45, 7) is 7.49. The molecule has 8 nitrogen and oxygen atoms in total. The fourth-order valence-corrected chi connectivity index (χ4v) is 2.24. The van der Waals surface area contributed by atoms with Gasteiger partial charge in [-0.05, 0) is 25.8 Å². The van der Waals surface area contributed by atoms with Crippen LogP contribution in [0.25, 0.3) is 17.6 Å². The zero-order chi connectivity index (χ0) is 20.0. The molecule has 2 aromatic rings. The summed E-state index contributed by atoms with van der Waals surface area (Å²) in [6.07, 6.45) is 3.98. The largest absolute Gasteiger partial charge is 0.475 e. The molecule has 0 aliphatic rings. The van der Waals surface area contributed by atoms with E-state index in [0.29, 0.717) is 17.3 Å². The van der Waals surface area contributed by atoms with Crippen molar-refractivity contribution in [3.8, 4) is 17.3 Å². The molecule has 0 aliphatic heterocycles. The Morgan fingerprint density at radius 2 is 2.00 bits per heavy atom. The van der Waals surface area contributed by atoms with Crippen LogP contribution < -0.4 is 4.74 Å². The first-order valence-electron chi connectivity index (χ1n) is 8.41. The van der Waals surface area contributed by atoms with Crippen LogP contribution in [0.2, 0.25) is 5.15 Å². The molecule has 0 spiro atoms. The number of hydrogen-bond acceptors (Lipinski definition) is 7. The van der Waals surface area contributed by atoms with Gasteiger partial charge in [-0.1, -0.05) is 25.4 Å². The highest BCUT2D eigenvalue weighted by Crippen LogP contribution is 2.23. The van der Waals surface area contributed by atoms with E-state index in [4.69, 9.17) is 16.3 Å². The standard InChI is InChI=1S/C18H21ClN4O4/c1-11(2)7-17(25)27-16(24)5-6-23-10-20-18(22-23)13-8-14(19)21-15(9-13)26-12(3)4/h5-6,8-12H,7H2,1-4H3/b6-5-. The normalized spacial score (nSPS) is 11.4. The van der Waals surface area contributed by atoms with E-state index < -0.39 is 11.9 Å². The summed E-state index contributed by atoms with van der Waals surface area (Å²) in [6, 6.07) is 3.28. The smallest absolute Gasteiger partial charge is 0.339 e. The van der Waals surface area contributed by atoms with Gasteiger partial charge in [0.25, 0.3) is 0 Å². The number of carbonyl (C=O) groups excluding carboxylic acids is 2. The second-order valence-corrected chi connectivity index (χ2v) is 6.83. The van der Waals surface area contributed by atoms with Gasteiger partial charge in [0.2, 0.25) is 5.88 Å². The molecule has 0 radical (unpaired) electrons. The molecule has 0 unspecified atom stereocenters. The molecule has 144 valence electrons. The van der Waals surface area contributed by atoms with Crippen LogP contribution in [0.5, 0.6) is 5.88 Å². The lowest BCUT2D eigenvalue weighted by molar-refractivity contribution is -0.156. The van der Waals surface area contributed by atoms with Crippen molar-refractivity contribution in [2.24, 2.45) is 5.92 Å². The molecule has 0 fully saturated rings. The molecule has 0 saturated heterocycles. The van der Waals surface area contributed by atoms with Gasteiger partial charge in [-0.15, -0.1) is 5.10 Å². The highest BCUT2D eigenvalue weighted by Gasteiger charge is 2.11. The molecule has 2 rings (SSSR count). The van der Waals surface area contributed by atoms with Gasteiger partial charge in [0, 0.05) is 30.3 Å². The average molecular weight is 393 g/mol. The predicted molar refractivity (Wildman–Crippen MR) is 99.9 cm³/mol. The molecule has 0 saturated carbocycles. The fourth-order valence-electron chi connectivity index (χ4n) is 2.04. The van der Waals surface area contributed by atoms with E-state index in [2.05, 4.69) is 19.8 Å². The van der Waals surface area contributed by atoms with Crippen LogP contribution in [0, 0.1) is 5.92 Å². The van der Waals surface area contributed by atoms with Crippen molar-refractivity contribution in [1.29, 1.82) is 0 Å². The second-order valence-electron chi connectivity index (χ2n) is 6.44. The minimum atomic E-state index is -0.766. The van der Waals surface area contributed by atoms with E-state index in [1.807, 2.05) is 27.7 Å². The van der Waals surface area contributed by atoms with Crippen LogP contribution in [0.1, 0.15) is 34.1 Å². The van der Waals surface area contributed by atoms with Gasteiger partial charge in [0.05, 0.1) is 6.10 Å². The SMILES string of the molecule is CC(C)CC(=O)OC(=O)/C=C\n1cnc(-c2cc(Cl)nc(OC(C)C)c2)n1. The lowest BCUT2D eigenvalue weighted by atomic mass is 10.1. The highest BCUT2D eigenvalue weighted by molar-refractivity contribution is 6.29. The monoisotopic (exact) mass is 392 g/mol. The van der Waals surface area contributed by atoms with E-state index in [1.165, 1.54) is 17.2 Å². The van der Waals surface area contributed by atoms with E-state index in [-0.39, 0.29) is 23.6 Å².